The summed E-state index contributed by atoms with van der Waals surface area (Å²) >= 11 is 0. The van der Waals surface area contributed by atoms with Crippen LogP contribution in [-0.2, 0) is 14.3 Å². The second-order valence-electron chi connectivity index (χ2n) is 5.16. The van der Waals surface area contributed by atoms with Crippen molar-refractivity contribution >= 4 is 17.8 Å². The van der Waals surface area contributed by atoms with E-state index < -0.39 is 18.1 Å². The van der Waals surface area contributed by atoms with Crippen LogP contribution in [0.25, 0.3) is 0 Å². The third-order valence-corrected chi connectivity index (χ3v) is 3.96. The van der Waals surface area contributed by atoms with Gasteiger partial charge in [0.1, 0.15) is 11.8 Å². The van der Waals surface area contributed by atoms with Crippen molar-refractivity contribution in [3.05, 3.63) is 29.3 Å². The number of hydrogen-bond donors (Lipinski definition) is 1. The smallest absolute Gasteiger partial charge is 0.407 e. The lowest BCUT2D eigenvalue weighted by atomic mass is 9.78. The average Bonchev–Trinajstić information content (AvgIpc) is 2.59. The third kappa shape index (κ3) is 3.44. The molecular formula is C16H19NO6. The van der Waals surface area contributed by atoms with E-state index in [-0.39, 0.29) is 18.1 Å². The first kappa shape index (κ1) is 16.8. The van der Waals surface area contributed by atoms with Crippen LogP contribution < -0.4 is 10.1 Å². The molecule has 124 valence electrons. The van der Waals surface area contributed by atoms with Gasteiger partial charge in [0.05, 0.1) is 21.3 Å². The summed E-state index contributed by atoms with van der Waals surface area (Å²) < 4.78 is 14.5. The third-order valence-electron chi connectivity index (χ3n) is 3.96. The molecule has 0 fully saturated rings. The van der Waals surface area contributed by atoms with Crippen LogP contribution in [0.2, 0.25) is 0 Å². The summed E-state index contributed by atoms with van der Waals surface area (Å²) in [7, 11) is 3.98. The van der Waals surface area contributed by atoms with Crippen LogP contribution in [0.5, 0.6) is 5.75 Å². The Morgan fingerprint density at radius 2 is 1.96 bits per heavy atom. The molecular weight excluding hydrogens is 302 g/mol. The van der Waals surface area contributed by atoms with Gasteiger partial charge >= 0.3 is 12.1 Å². The van der Waals surface area contributed by atoms with Gasteiger partial charge in [-0.25, -0.2) is 9.59 Å². The van der Waals surface area contributed by atoms with E-state index in [2.05, 4.69) is 10.1 Å². The number of carbonyl (C=O) groups excluding carboxylic acids is 3. The summed E-state index contributed by atoms with van der Waals surface area (Å²) in [5, 5.41) is 2.49. The van der Waals surface area contributed by atoms with E-state index >= 15 is 0 Å². The number of nitrogens with one attached hydrogen (secondary N) is 1. The van der Waals surface area contributed by atoms with Crippen molar-refractivity contribution in [2.75, 3.05) is 21.3 Å². The molecule has 0 heterocycles. The largest absolute Gasteiger partial charge is 0.497 e. The zero-order chi connectivity index (χ0) is 17.0. The minimum Gasteiger partial charge on any atom is -0.497 e. The van der Waals surface area contributed by atoms with Crippen LogP contribution in [0.1, 0.15) is 34.7 Å². The first-order valence-electron chi connectivity index (χ1n) is 7.15. The lowest BCUT2D eigenvalue weighted by molar-refractivity contribution is -0.143. The van der Waals surface area contributed by atoms with Gasteiger partial charge in [-0.2, -0.15) is 0 Å². The van der Waals surface area contributed by atoms with Gasteiger partial charge in [-0.1, -0.05) is 6.07 Å². The van der Waals surface area contributed by atoms with Crippen LogP contribution in [-0.4, -0.2) is 45.2 Å². The number of esters is 1. The summed E-state index contributed by atoms with van der Waals surface area (Å²) in [6.45, 7) is 0. The molecule has 0 saturated carbocycles. The Labute approximate surface area is 133 Å². The number of hydrogen-bond acceptors (Lipinski definition) is 6. The van der Waals surface area contributed by atoms with Gasteiger partial charge < -0.3 is 19.5 Å². The molecule has 1 aliphatic carbocycles. The van der Waals surface area contributed by atoms with Gasteiger partial charge in [0.25, 0.3) is 0 Å². The molecule has 1 aromatic carbocycles. The minimum absolute atomic E-state index is 0.0168. The highest BCUT2D eigenvalue weighted by Crippen LogP contribution is 2.36. The van der Waals surface area contributed by atoms with Gasteiger partial charge in [0.2, 0.25) is 0 Å². The SMILES string of the molecule is COC(=O)N[C@H](C(=O)OC)[C@@H]1CCC(=O)c2cc(OC)ccc21. The number of alkyl carbamates (subject to hydrolysis) is 1. The molecule has 1 aliphatic rings. The van der Waals surface area contributed by atoms with Crippen molar-refractivity contribution in [2.45, 2.75) is 24.8 Å². The number of benzene rings is 1. The second kappa shape index (κ2) is 7.13. The van der Waals surface area contributed by atoms with Gasteiger partial charge in [-0.15, -0.1) is 0 Å². The Morgan fingerprint density at radius 1 is 1.22 bits per heavy atom. The van der Waals surface area contributed by atoms with E-state index in [9.17, 15) is 14.4 Å². The lowest BCUT2D eigenvalue weighted by Crippen LogP contribution is -2.46. The van der Waals surface area contributed by atoms with E-state index in [0.29, 0.717) is 23.3 Å². The molecule has 1 N–H and O–H groups in total. The van der Waals surface area contributed by atoms with Crippen LogP contribution in [0, 0.1) is 0 Å². The molecule has 1 aromatic rings. The zero-order valence-electron chi connectivity index (χ0n) is 13.3. The topological polar surface area (TPSA) is 90.9 Å². The lowest BCUT2D eigenvalue weighted by Gasteiger charge is -2.30. The van der Waals surface area contributed by atoms with Gasteiger partial charge in [0.15, 0.2) is 5.78 Å². The van der Waals surface area contributed by atoms with Gasteiger partial charge in [-0.3, -0.25) is 4.79 Å². The fourth-order valence-corrected chi connectivity index (χ4v) is 2.79. The molecule has 0 unspecified atom stereocenters. The van der Waals surface area contributed by atoms with Crippen molar-refractivity contribution in [2.24, 2.45) is 0 Å². The number of Topliss-reactive ketones (excluding diaryl/α,β-unsaturated/α-hetero) is 1. The molecule has 2 atom stereocenters. The highest BCUT2D eigenvalue weighted by molar-refractivity contribution is 5.99. The normalized spacial score (nSPS) is 17.7. The van der Waals surface area contributed by atoms with E-state index in [4.69, 9.17) is 9.47 Å². The first-order valence-corrected chi connectivity index (χ1v) is 7.15. The summed E-state index contributed by atoms with van der Waals surface area (Å²) in [5.74, 6) is -0.415. The van der Waals surface area contributed by atoms with Crippen molar-refractivity contribution < 1.29 is 28.6 Å². The summed E-state index contributed by atoms with van der Waals surface area (Å²) in [5.41, 5.74) is 1.19. The molecule has 0 aromatic heterocycles. The quantitative estimate of drug-likeness (QED) is 0.848. The number of ether oxygens (including phenoxy) is 3. The second-order valence-corrected chi connectivity index (χ2v) is 5.16. The van der Waals surface area contributed by atoms with Crippen molar-refractivity contribution in [1.82, 2.24) is 5.32 Å². The number of fused-ring (bicyclic) bond motifs is 1. The number of amides is 1. The fraction of sp³-hybridized carbons (Fsp3) is 0.438. The Morgan fingerprint density at radius 3 is 2.57 bits per heavy atom. The van der Waals surface area contributed by atoms with E-state index in [0.717, 1.165) is 0 Å². The summed E-state index contributed by atoms with van der Waals surface area (Å²) in [4.78, 5) is 35.8. The average molecular weight is 321 g/mol. The van der Waals surface area contributed by atoms with Crippen molar-refractivity contribution in [3.8, 4) is 5.75 Å². The minimum atomic E-state index is -0.923. The predicted octanol–water partition coefficient (Wildman–Crippen LogP) is 1.65. The zero-order valence-corrected chi connectivity index (χ0v) is 13.3. The Hall–Kier alpha value is -2.57. The highest BCUT2D eigenvalue weighted by Gasteiger charge is 2.37. The molecule has 0 aliphatic heterocycles. The fourth-order valence-electron chi connectivity index (χ4n) is 2.79. The Kier molecular flexibility index (Phi) is 5.20. The molecule has 23 heavy (non-hydrogen) atoms. The Bertz CT molecular complexity index is 627. The number of carbonyl (C=O) groups is 3. The van der Waals surface area contributed by atoms with E-state index in [1.165, 1.54) is 21.3 Å². The molecule has 0 spiro atoms. The Balaban J connectivity index is 2.41. The maximum Gasteiger partial charge on any atom is 0.407 e. The van der Waals surface area contributed by atoms with E-state index in [1.807, 2.05) is 0 Å². The van der Waals surface area contributed by atoms with Crippen molar-refractivity contribution in [3.63, 3.8) is 0 Å². The number of rotatable bonds is 4. The molecule has 7 heteroatoms. The molecule has 0 saturated heterocycles. The summed E-state index contributed by atoms with van der Waals surface area (Å²) in [6, 6.07) is 4.19. The monoisotopic (exact) mass is 321 g/mol. The highest BCUT2D eigenvalue weighted by atomic mass is 16.5. The number of methoxy groups -OCH3 is 3. The molecule has 0 radical (unpaired) electrons. The predicted molar refractivity (Wildman–Crippen MR) is 80.6 cm³/mol. The van der Waals surface area contributed by atoms with Gasteiger partial charge in [-0.05, 0) is 24.1 Å². The molecule has 0 bridgehead atoms. The molecule has 2 rings (SSSR count). The van der Waals surface area contributed by atoms with Crippen LogP contribution >= 0.6 is 0 Å². The van der Waals surface area contributed by atoms with E-state index in [1.54, 1.807) is 18.2 Å². The maximum absolute atomic E-state index is 12.2. The van der Waals surface area contributed by atoms with Crippen LogP contribution in [0.15, 0.2) is 18.2 Å². The van der Waals surface area contributed by atoms with Crippen LogP contribution in [0.4, 0.5) is 4.79 Å². The number of ketones is 1. The summed E-state index contributed by atoms with van der Waals surface area (Å²) in [6.07, 6.45) is -0.0179. The van der Waals surface area contributed by atoms with Crippen LogP contribution in [0.3, 0.4) is 0 Å². The molecule has 7 nitrogen and oxygen atoms in total. The van der Waals surface area contributed by atoms with Gasteiger partial charge in [0, 0.05) is 17.9 Å². The molecule has 1 amide bonds. The standard InChI is InChI=1S/C16H19NO6/c1-21-9-4-5-10-11(6-7-13(18)12(10)8-9)14(15(19)22-2)17-16(20)23-3/h4-5,8,11,14H,6-7H2,1-3H3,(H,17,20)/t11-,14+/m1/s1. The van der Waals surface area contributed by atoms with Crippen molar-refractivity contribution in [1.29, 1.82) is 0 Å². The first-order chi connectivity index (χ1) is 11.0. The maximum atomic E-state index is 12.2.